The zero-order chi connectivity index (χ0) is 14.2. The molecule has 20 heavy (non-hydrogen) atoms. The minimum absolute atomic E-state index is 0.118. The van der Waals surface area contributed by atoms with Crippen molar-refractivity contribution in [2.75, 3.05) is 13.2 Å². The lowest BCUT2D eigenvalue weighted by atomic mass is 9.94. The van der Waals surface area contributed by atoms with Crippen LogP contribution in [-0.4, -0.2) is 34.2 Å². The molecule has 3 heterocycles. The molecule has 1 saturated heterocycles. The van der Waals surface area contributed by atoms with Crippen molar-refractivity contribution in [3.05, 3.63) is 22.8 Å². The van der Waals surface area contributed by atoms with E-state index in [2.05, 4.69) is 15.3 Å². The van der Waals surface area contributed by atoms with E-state index < -0.39 is 11.6 Å². The molecule has 6 nitrogen and oxygen atoms in total. The summed E-state index contributed by atoms with van der Waals surface area (Å²) in [6.07, 6.45) is 3.67. The van der Waals surface area contributed by atoms with Gasteiger partial charge in [0.05, 0.1) is 5.69 Å². The number of nitrogens with one attached hydrogen (secondary N) is 1. The van der Waals surface area contributed by atoms with Crippen molar-refractivity contribution < 1.29 is 14.6 Å². The summed E-state index contributed by atoms with van der Waals surface area (Å²) in [5.74, 6) is -0.469. The van der Waals surface area contributed by atoms with E-state index in [9.17, 15) is 9.90 Å². The largest absolute Gasteiger partial charge is 0.476 e. The standard InChI is InChI=1S/C14H19N3O3/c1-14(5-2-3-7-20-14)13-16-10-4-6-15-8-9(10)11(17-13)12(18)19/h15H,2-8H2,1H3,(H,18,19). The van der Waals surface area contributed by atoms with Crippen molar-refractivity contribution >= 4 is 5.97 Å². The predicted molar refractivity (Wildman–Crippen MR) is 71.6 cm³/mol. The van der Waals surface area contributed by atoms with Gasteiger partial charge in [0.15, 0.2) is 11.5 Å². The molecule has 0 bridgehead atoms. The minimum atomic E-state index is -0.993. The van der Waals surface area contributed by atoms with E-state index >= 15 is 0 Å². The Morgan fingerprint density at radius 2 is 2.25 bits per heavy atom. The number of aromatic nitrogens is 2. The molecule has 1 unspecified atom stereocenters. The Morgan fingerprint density at radius 1 is 1.40 bits per heavy atom. The molecule has 1 atom stereocenters. The van der Waals surface area contributed by atoms with Crippen LogP contribution in [0.1, 0.15) is 53.8 Å². The molecule has 6 heteroatoms. The van der Waals surface area contributed by atoms with Crippen molar-refractivity contribution in [1.29, 1.82) is 0 Å². The Morgan fingerprint density at radius 3 is 2.95 bits per heavy atom. The van der Waals surface area contributed by atoms with Crippen molar-refractivity contribution in [2.45, 2.75) is 44.8 Å². The molecule has 0 radical (unpaired) electrons. The van der Waals surface area contributed by atoms with E-state index in [1.165, 1.54) is 0 Å². The summed E-state index contributed by atoms with van der Waals surface area (Å²) in [7, 11) is 0. The fraction of sp³-hybridized carbons (Fsp3) is 0.643. The van der Waals surface area contributed by atoms with Gasteiger partial charge in [-0.25, -0.2) is 14.8 Å². The summed E-state index contributed by atoms with van der Waals surface area (Å²) in [6, 6.07) is 0. The summed E-state index contributed by atoms with van der Waals surface area (Å²) in [4.78, 5) is 20.4. The average Bonchev–Trinajstić information content (AvgIpc) is 2.46. The van der Waals surface area contributed by atoms with Crippen LogP contribution in [0.4, 0.5) is 0 Å². The average molecular weight is 277 g/mol. The number of hydrogen-bond donors (Lipinski definition) is 2. The first-order chi connectivity index (χ1) is 9.60. The monoisotopic (exact) mass is 277 g/mol. The van der Waals surface area contributed by atoms with Gasteiger partial charge >= 0.3 is 5.97 Å². The Bertz CT molecular complexity index is 539. The van der Waals surface area contributed by atoms with Crippen LogP contribution in [0.5, 0.6) is 0 Å². The van der Waals surface area contributed by atoms with Gasteiger partial charge in [-0.05, 0) is 26.2 Å². The molecular formula is C14H19N3O3. The Kier molecular flexibility index (Phi) is 3.43. The number of nitrogens with zero attached hydrogens (tertiary/aromatic N) is 2. The molecular weight excluding hydrogens is 258 g/mol. The van der Waals surface area contributed by atoms with Crippen LogP contribution in [0.15, 0.2) is 0 Å². The number of carboxylic acid groups (broad SMARTS) is 1. The number of fused-ring (bicyclic) bond motifs is 1. The molecule has 0 saturated carbocycles. The van der Waals surface area contributed by atoms with Crippen molar-refractivity contribution in [1.82, 2.24) is 15.3 Å². The summed E-state index contributed by atoms with van der Waals surface area (Å²) >= 11 is 0. The molecule has 2 aliphatic rings. The number of carboxylic acids is 1. The quantitative estimate of drug-likeness (QED) is 0.846. The zero-order valence-electron chi connectivity index (χ0n) is 11.6. The second kappa shape index (κ2) is 5.10. The van der Waals surface area contributed by atoms with E-state index in [-0.39, 0.29) is 5.69 Å². The van der Waals surface area contributed by atoms with Gasteiger partial charge in [-0.2, -0.15) is 0 Å². The SMILES string of the molecule is CC1(c2nc3c(c(C(=O)O)n2)CNCC3)CCCCO1. The number of carbonyl (C=O) groups is 1. The fourth-order valence-corrected chi connectivity index (χ4v) is 2.87. The van der Waals surface area contributed by atoms with Crippen molar-refractivity contribution in [2.24, 2.45) is 0 Å². The van der Waals surface area contributed by atoms with E-state index in [0.717, 1.165) is 37.9 Å². The molecule has 1 aromatic rings. The van der Waals surface area contributed by atoms with E-state index in [1.807, 2.05) is 6.92 Å². The van der Waals surface area contributed by atoms with E-state index in [4.69, 9.17) is 4.74 Å². The van der Waals surface area contributed by atoms with Gasteiger partial charge in [-0.1, -0.05) is 0 Å². The highest BCUT2D eigenvalue weighted by Gasteiger charge is 2.35. The molecule has 3 rings (SSSR count). The second-order valence-electron chi connectivity index (χ2n) is 5.59. The van der Waals surface area contributed by atoms with Crippen molar-refractivity contribution in [3.63, 3.8) is 0 Å². The van der Waals surface area contributed by atoms with Crippen LogP contribution in [0, 0.1) is 0 Å². The maximum atomic E-state index is 11.5. The zero-order valence-corrected chi connectivity index (χ0v) is 11.6. The third kappa shape index (κ3) is 2.29. The van der Waals surface area contributed by atoms with Gasteiger partial charge in [0.2, 0.25) is 0 Å². The molecule has 1 fully saturated rings. The van der Waals surface area contributed by atoms with Crippen LogP contribution in [0.3, 0.4) is 0 Å². The maximum absolute atomic E-state index is 11.5. The third-order valence-electron chi connectivity index (χ3n) is 4.08. The molecule has 0 aliphatic carbocycles. The molecule has 2 N–H and O–H groups in total. The van der Waals surface area contributed by atoms with Crippen LogP contribution in [-0.2, 0) is 23.3 Å². The molecule has 0 spiro atoms. The summed E-state index contributed by atoms with van der Waals surface area (Å²) in [5, 5.41) is 12.6. The Balaban J connectivity index is 2.07. The van der Waals surface area contributed by atoms with Gasteiger partial charge in [-0.3, -0.25) is 0 Å². The van der Waals surface area contributed by atoms with E-state index in [0.29, 0.717) is 24.5 Å². The highest BCUT2D eigenvalue weighted by Crippen LogP contribution is 2.33. The highest BCUT2D eigenvalue weighted by atomic mass is 16.5. The number of hydrogen-bond acceptors (Lipinski definition) is 5. The number of ether oxygens (including phenoxy) is 1. The first kappa shape index (κ1) is 13.5. The van der Waals surface area contributed by atoms with Crippen LogP contribution >= 0.6 is 0 Å². The summed E-state index contributed by atoms with van der Waals surface area (Å²) < 4.78 is 5.84. The van der Waals surface area contributed by atoms with Gasteiger partial charge in [0.1, 0.15) is 5.60 Å². The molecule has 0 amide bonds. The van der Waals surface area contributed by atoms with Gasteiger partial charge < -0.3 is 15.2 Å². The highest BCUT2D eigenvalue weighted by molar-refractivity contribution is 5.87. The van der Waals surface area contributed by atoms with Gasteiger partial charge in [0, 0.05) is 31.7 Å². The second-order valence-corrected chi connectivity index (χ2v) is 5.59. The lowest BCUT2D eigenvalue weighted by Crippen LogP contribution is -2.35. The maximum Gasteiger partial charge on any atom is 0.354 e. The predicted octanol–water partition coefficient (Wildman–Crippen LogP) is 1.24. The molecule has 108 valence electrons. The first-order valence-electron chi connectivity index (χ1n) is 7.08. The molecule has 0 aromatic carbocycles. The van der Waals surface area contributed by atoms with E-state index in [1.54, 1.807) is 0 Å². The lowest BCUT2D eigenvalue weighted by molar-refractivity contribution is -0.0763. The van der Waals surface area contributed by atoms with Gasteiger partial charge in [-0.15, -0.1) is 0 Å². The Labute approximate surface area is 117 Å². The van der Waals surface area contributed by atoms with Crippen LogP contribution in [0.2, 0.25) is 0 Å². The minimum Gasteiger partial charge on any atom is -0.476 e. The topological polar surface area (TPSA) is 84.3 Å². The fourth-order valence-electron chi connectivity index (χ4n) is 2.87. The van der Waals surface area contributed by atoms with Gasteiger partial charge in [0.25, 0.3) is 0 Å². The normalized spacial score (nSPS) is 26.1. The Hall–Kier alpha value is -1.53. The third-order valence-corrected chi connectivity index (χ3v) is 4.08. The van der Waals surface area contributed by atoms with Crippen LogP contribution in [0.25, 0.3) is 0 Å². The number of aromatic carboxylic acids is 1. The van der Waals surface area contributed by atoms with Crippen LogP contribution < -0.4 is 5.32 Å². The summed E-state index contributed by atoms with van der Waals surface area (Å²) in [5.41, 5.74) is 1.13. The lowest BCUT2D eigenvalue weighted by Gasteiger charge is -2.33. The smallest absolute Gasteiger partial charge is 0.354 e. The molecule has 1 aromatic heterocycles. The summed E-state index contributed by atoms with van der Waals surface area (Å²) in [6.45, 7) is 3.98. The first-order valence-corrected chi connectivity index (χ1v) is 7.08. The molecule has 2 aliphatic heterocycles. The van der Waals surface area contributed by atoms with Crippen molar-refractivity contribution in [3.8, 4) is 0 Å². The number of rotatable bonds is 2.